The monoisotopic (exact) mass is 488 g/mol. The smallest absolute Gasteiger partial charge is 0.264 e. The second-order valence-corrected chi connectivity index (χ2v) is 9.42. The lowest BCUT2D eigenvalue weighted by Crippen LogP contribution is -2.31. The Kier molecular flexibility index (Phi) is 6.38. The number of halogens is 1. The molecular weight excluding hydrogens is 472 g/mol. The van der Waals surface area contributed by atoms with Gasteiger partial charge in [0.05, 0.1) is 35.6 Å². The molecule has 4 aromatic rings. The van der Waals surface area contributed by atoms with E-state index in [2.05, 4.69) is 18.8 Å². The number of benzene rings is 3. The number of aliphatic hydroxyl groups is 1. The third kappa shape index (κ3) is 4.58. The van der Waals surface area contributed by atoms with Crippen molar-refractivity contribution in [3.05, 3.63) is 82.9 Å². The number of carbonyl (C=O) groups is 1. The summed E-state index contributed by atoms with van der Waals surface area (Å²) in [4.78, 5) is 12.9. The van der Waals surface area contributed by atoms with E-state index in [9.17, 15) is 18.3 Å². The quantitative estimate of drug-likeness (QED) is 0.365. The summed E-state index contributed by atoms with van der Waals surface area (Å²) in [5, 5.41) is 12.7. The van der Waals surface area contributed by atoms with Gasteiger partial charge in [0.15, 0.2) is 0 Å². The van der Waals surface area contributed by atoms with Crippen LogP contribution in [0.1, 0.15) is 22.0 Å². The van der Waals surface area contributed by atoms with Gasteiger partial charge in [0.2, 0.25) is 0 Å². The van der Waals surface area contributed by atoms with Crippen LogP contribution < -0.4 is 10.0 Å². The minimum Gasteiger partial charge on any atom is -0.394 e. The van der Waals surface area contributed by atoms with E-state index in [0.29, 0.717) is 11.1 Å². The Morgan fingerprint density at radius 1 is 1.06 bits per heavy atom. The highest BCUT2D eigenvalue weighted by Gasteiger charge is 2.24. The molecule has 8 nitrogen and oxygen atoms in total. The van der Waals surface area contributed by atoms with E-state index in [4.69, 9.17) is 11.6 Å². The summed E-state index contributed by atoms with van der Waals surface area (Å²) in [6.45, 7) is -0.330. The molecular formula is C21H17ClN4O4S2. The minimum atomic E-state index is -4.10. The molecule has 1 amide bonds. The van der Waals surface area contributed by atoms with Crippen molar-refractivity contribution in [1.82, 2.24) is 14.1 Å². The molecule has 4 rings (SSSR count). The molecule has 0 aliphatic carbocycles. The van der Waals surface area contributed by atoms with Gasteiger partial charge in [-0.25, -0.2) is 8.42 Å². The van der Waals surface area contributed by atoms with Gasteiger partial charge in [-0.1, -0.05) is 48.0 Å². The lowest BCUT2D eigenvalue weighted by molar-refractivity contribution is 0.0917. The normalized spacial score (nSPS) is 12.4. The summed E-state index contributed by atoms with van der Waals surface area (Å²) in [5.74, 6) is -0.573. The first-order valence-corrected chi connectivity index (χ1v) is 12.0. The lowest BCUT2D eigenvalue weighted by Gasteiger charge is -2.19. The van der Waals surface area contributed by atoms with E-state index in [1.165, 1.54) is 24.3 Å². The van der Waals surface area contributed by atoms with E-state index < -0.39 is 22.0 Å². The van der Waals surface area contributed by atoms with Crippen LogP contribution in [0.5, 0.6) is 0 Å². The first-order chi connectivity index (χ1) is 15.4. The number of nitrogens with zero attached hydrogens (tertiary/aromatic N) is 2. The number of aliphatic hydroxyl groups excluding tert-OH is 1. The summed E-state index contributed by atoms with van der Waals surface area (Å²) in [6, 6.07) is 17.2. The van der Waals surface area contributed by atoms with Gasteiger partial charge in [-0.05, 0) is 35.9 Å². The van der Waals surface area contributed by atoms with Gasteiger partial charge in [-0.15, -0.1) is 0 Å². The van der Waals surface area contributed by atoms with Crippen LogP contribution in [0.15, 0.2) is 71.6 Å². The van der Waals surface area contributed by atoms with Crippen LogP contribution in [-0.4, -0.2) is 34.8 Å². The molecule has 0 aliphatic rings. The molecule has 3 aromatic carbocycles. The fourth-order valence-electron chi connectivity index (χ4n) is 3.15. The van der Waals surface area contributed by atoms with Crippen LogP contribution in [-0.2, 0) is 10.0 Å². The van der Waals surface area contributed by atoms with Crippen LogP contribution >= 0.6 is 23.3 Å². The van der Waals surface area contributed by atoms with Gasteiger partial charge < -0.3 is 10.4 Å². The maximum absolute atomic E-state index is 13.1. The third-order valence-corrected chi connectivity index (χ3v) is 6.87. The fraction of sp³-hybridized carbons (Fsp3) is 0.0952. The largest absolute Gasteiger partial charge is 0.394 e. The Hall–Kier alpha value is -3.05. The highest BCUT2D eigenvalue weighted by atomic mass is 35.5. The van der Waals surface area contributed by atoms with Crippen molar-refractivity contribution in [2.24, 2.45) is 0 Å². The third-order valence-electron chi connectivity index (χ3n) is 4.70. The molecule has 0 bridgehead atoms. The Balaban J connectivity index is 1.66. The molecule has 0 unspecified atom stereocenters. The molecule has 0 fully saturated rings. The Morgan fingerprint density at radius 2 is 1.84 bits per heavy atom. The molecule has 3 N–H and O–H groups in total. The Labute approximate surface area is 193 Å². The van der Waals surface area contributed by atoms with Gasteiger partial charge in [0.1, 0.15) is 15.9 Å². The topological polar surface area (TPSA) is 121 Å². The van der Waals surface area contributed by atoms with Gasteiger partial charge >= 0.3 is 0 Å². The average molecular weight is 489 g/mol. The highest BCUT2D eigenvalue weighted by Crippen LogP contribution is 2.27. The summed E-state index contributed by atoms with van der Waals surface area (Å²) in [5.41, 5.74) is 1.45. The molecule has 1 heterocycles. The lowest BCUT2D eigenvalue weighted by atomic mass is 10.1. The predicted octanol–water partition coefficient (Wildman–Crippen LogP) is 3.61. The number of aromatic nitrogens is 2. The number of amides is 1. The van der Waals surface area contributed by atoms with Crippen molar-refractivity contribution in [2.75, 3.05) is 11.3 Å². The van der Waals surface area contributed by atoms with Gasteiger partial charge in [-0.2, -0.15) is 8.75 Å². The molecule has 0 saturated carbocycles. The number of rotatable bonds is 7. The Morgan fingerprint density at radius 3 is 2.59 bits per heavy atom. The zero-order valence-corrected chi connectivity index (χ0v) is 18.8. The summed E-state index contributed by atoms with van der Waals surface area (Å²) >= 11 is 6.98. The SMILES string of the molecule is O=C(N[C@H](CO)c1ccccc1)c1ccc(Cl)cc1NS(=O)(=O)c1cccc2nsnc12. The molecule has 1 aromatic heterocycles. The minimum absolute atomic E-state index is 0.0000525. The molecule has 11 heteroatoms. The fourth-order valence-corrected chi connectivity index (χ4v) is 5.16. The van der Waals surface area contributed by atoms with Crippen LogP contribution in [0.3, 0.4) is 0 Å². The number of sulfonamides is 1. The van der Waals surface area contributed by atoms with Crippen molar-refractivity contribution < 1.29 is 18.3 Å². The number of carbonyl (C=O) groups excluding carboxylic acids is 1. The summed E-state index contributed by atoms with van der Waals surface area (Å²) in [6.07, 6.45) is 0. The highest BCUT2D eigenvalue weighted by molar-refractivity contribution is 7.93. The van der Waals surface area contributed by atoms with Crippen molar-refractivity contribution >= 4 is 56.0 Å². The van der Waals surface area contributed by atoms with E-state index in [0.717, 1.165) is 11.7 Å². The number of nitrogens with one attached hydrogen (secondary N) is 2. The predicted molar refractivity (Wildman–Crippen MR) is 123 cm³/mol. The van der Waals surface area contributed by atoms with Crippen LogP contribution in [0.25, 0.3) is 11.0 Å². The molecule has 32 heavy (non-hydrogen) atoms. The molecule has 164 valence electrons. The zero-order valence-electron chi connectivity index (χ0n) is 16.4. The maximum atomic E-state index is 13.1. The zero-order chi connectivity index (χ0) is 22.7. The molecule has 0 radical (unpaired) electrons. The van der Waals surface area contributed by atoms with Crippen molar-refractivity contribution in [3.63, 3.8) is 0 Å². The van der Waals surface area contributed by atoms with Gasteiger partial charge in [-0.3, -0.25) is 9.52 Å². The number of fused-ring (bicyclic) bond motifs is 1. The van der Waals surface area contributed by atoms with Crippen LogP contribution in [0.4, 0.5) is 5.69 Å². The number of anilines is 1. The summed E-state index contributed by atoms with van der Waals surface area (Å²) in [7, 11) is -4.10. The number of hydrogen-bond donors (Lipinski definition) is 3. The second-order valence-electron chi connectivity index (χ2n) is 6.80. The molecule has 0 spiro atoms. The maximum Gasteiger partial charge on any atom is 0.264 e. The summed E-state index contributed by atoms with van der Waals surface area (Å²) < 4.78 is 36.8. The second kappa shape index (κ2) is 9.21. The first-order valence-electron chi connectivity index (χ1n) is 9.39. The van der Waals surface area contributed by atoms with E-state index in [1.54, 1.807) is 36.4 Å². The average Bonchev–Trinajstić information content (AvgIpc) is 3.26. The van der Waals surface area contributed by atoms with Crippen molar-refractivity contribution in [3.8, 4) is 0 Å². The van der Waals surface area contributed by atoms with Crippen LogP contribution in [0, 0.1) is 0 Å². The first kappa shape index (κ1) is 22.2. The number of hydrogen-bond acceptors (Lipinski definition) is 7. The van der Waals surface area contributed by atoms with Crippen molar-refractivity contribution in [2.45, 2.75) is 10.9 Å². The van der Waals surface area contributed by atoms with E-state index in [-0.39, 0.29) is 33.3 Å². The standard InChI is InChI=1S/C21H17ClN4O4S2/c22-14-9-10-15(21(28)23-18(12-27)13-5-2-1-3-6-13)17(11-14)26-32(29,30)19-8-4-7-16-20(19)25-31-24-16/h1-11,18,26-27H,12H2,(H,23,28)/t18-/m1/s1. The van der Waals surface area contributed by atoms with E-state index >= 15 is 0 Å². The van der Waals surface area contributed by atoms with Gasteiger partial charge in [0.25, 0.3) is 15.9 Å². The molecule has 0 saturated heterocycles. The molecule has 0 aliphatic heterocycles. The van der Waals surface area contributed by atoms with Gasteiger partial charge in [0, 0.05) is 5.02 Å². The van der Waals surface area contributed by atoms with Crippen LogP contribution in [0.2, 0.25) is 5.02 Å². The Bertz CT molecular complexity index is 1380. The van der Waals surface area contributed by atoms with E-state index in [1.807, 2.05) is 6.07 Å². The molecule has 1 atom stereocenters. The van der Waals surface area contributed by atoms with Crippen molar-refractivity contribution in [1.29, 1.82) is 0 Å².